The number of hydrogen-bond acceptors (Lipinski definition) is 3. The van der Waals surface area contributed by atoms with E-state index in [9.17, 15) is 0 Å². The Labute approximate surface area is 122 Å². The van der Waals surface area contributed by atoms with Crippen LogP contribution in [0.3, 0.4) is 0 Å². The maximum atomic E-state index is 5.98. The average Bonchev–Trinajstić information content (AvgIpc) is 2.69. The molecule has 2 heterocycles. The number of likely N-dealkylation sites (tertiary alicyclic amines) is 1. The van der Waals surface area contributed by atoms with Crippen LogP contribution < -0.4 is 10.6 Å². The molecule has 110 valence electrons. The zero-order valence-electron chi connectivity index (χ0n) is 12.4. The number of benzene rings is 1. The Morgan fingerprint density at radius 3 is 2.65 bits per heavy atom. The normalized spacial score (nSPS) is 21.6. The van der Waals surface area contributed by atoms with E-state index in [1.54, 1.807) is 0 Å². The average molecular weight is 273 g/mol. The fourth-order valence-corrected chi connectivity index (χ4v) is 3.44. The van der Waals surface area contributed by atoms with Gasteiger partial charge in [-0.3, -0.25) is 0 Å². The number of fused-ring (bicyclic) bond motifs is 1. The lowest BCUT2D eigenvalue weighted by molar-refractivity contribution is 0.217. The minimum absolute atomic E-state index is 0.435. The molecular weight excluding hydrogens is 246 g/mol. The minimum Gasteiger partial charge on any atom is -0.370 e. The lowest BCUT2D eigenvalue weighted by Crippen LogP contribution is -2.43. The minimum atomic E-state index is 0.435. The molecule has 0 amide bonds. The van der Waals surface area contributed by atoms with E-state index in [-0.39, 0.29) is 0 Å². The Morgan fingerprint density at radius 1 is 1.00 bits per heavy atom. The maximum absolute atomic E-state index is 5.98. The lowest BCUT2D eigenvalue weighted by atomic mass is 10.1. The summed E-state index contributed by atoms with van der Waals surface area (Å²) in [5.41, 5.74) is 8.99. The smallest absolute Gasteiger partial charge is 0.0399 e. The first-order valence-corrected chi connectivity index (χ1v) is 8.14. The molecule has 0 radical (unpaired) electrons. The van der Waals surface area contributed by atoms with Crippen LogP contribution in [-0.2, 0) is 6.42 Å². The van der Waals surface area contributed by atoms with Crippen LogP contribution in [0.15, 0.2) is 24.3 Å². The van der Waals surface area contributed by atoms with Crippen molar-refractivity contribution in [2.24, 2.45) is 5.73 Å². The van der Waals surface area contributed by atoms with Crippen LogP contribution in [0.1, 0.15) is 31.2 Å². The van der Waals surface area contributed by atoms with Gasteiger partial charge in [-0.05, 0) is 56.8 Å². The number of piperidine rings is 1. The van der Waals surface area contributed by atoms with Crippen LogP contribution in [0.5, 0.6) is 0 Å². The molecule has 0 unspecified atom stereocenters. The van der Waals surface area contributed by atoms with Gasteiger partial charge in [-0.2, -0.15) is 0 Å². The first-order chi connectivity index (χ1) is 9.83. The van der Waals surface area contributed by atoms with Crippen LogP contribution in [-0.4, -0.2) is 43.7 Å². The molecule has 3 nitrogen and oxygen atoms in total. The van der Waals surface area contributed by atoms with Gasteiger partial charge in [-0.15, -0.1) is 0 Å². The van der Waals surface area contributed by atoms with E-state index in [4.69, 9.17) is 5.73 Å². The van der Waals surface area contributed by atoms with Crippen LogP contribution in [0, 0.1) is 0 Å². The summed E-state index contributed by atoms with van der Waals surface area (Å²) in [6.45, 7) is 5.91. The van der Waals surface area contributed by atoms with Crippen molar-refractivity contribution in [1.82, 2.24) is 4.90 Å². The van der Waals surface area contributed by atoms with Gasteiger partial charge in [0.2, 0.25) is 0 Å². The molecule has 0 atom stereocenters. The number of hydrogen-bond donors (Lipinski definition) is 1. The molecular formula is C17H27N3. The van der Waals surface area contributed by atoms with Crippen LogP contribution in [0.2, 0.25) is 0 Å². The fourth-order valence-electron chi connectivity index (χ4n) is 3.44. The van der Waals surface area contributed by atoms with E-state index >= 15 is 0 Å². The molecule has 3 rings (SSSR count). The molecule has 1 saturated heterocycles. The highest BCUT2D eigenvalue weighted by atomic mass is 15.2. The molecule has 0 bridgehead atoms. The number of rotatable bonds is 3. The van der Waals surface area contributed by atoms with Gasteiger partial charge in [0.1, 0.15) is 0 Å². The summed E-state index contributed by atoms with van der Waals surface area (Å²) in [5.74, 6) is 0. The van der Waals surface area contributed by atoms with E-state index in [0.717, 1.165) is 19.4 Å². The molecule has 20 heavy (non-hydrogen) atoms. The van der Waals surface area contributed by atoms with Crippen molar-refractivity contribution in [3.8, 4) is 0 Å². The monoisotopic (exact) mass is 273 g/mol. The number of aryl methyl sites for hydroxylation is 1. The third-order valence-electron chi connectivity index (χ3n) is 4.77. The molecule has 0 spiro atoms. The van der Waals surface area contributed by atoms with E-state index in [1.807, 2.05) is 0 Å². The second-order valence-electron chi connectivity index (χ2n) is 6.25. The van der Waals surface area contributed by atoms with E-state index in [2.05, 4.69) is 34.1 Å². The van der Waals surface area contributed by atoms with Crippen LogP contribution in [0.25, 0.3) is 0 Å². The fraction of sp³-hybridized carbons (Fsp3) is 0.647. The van der Waals surface area contributed by atoms with E-state index in [0.29, 0.717) is 6.04 Å². The summed E-state index contributed by atoms with van der Waals surface area (Å²) in [5, 5.41) is 0. The molecule has 0 aromatic heterocycles. The molecule has 3 heteroatoms. The molecule has 2 aliphatic heterocycles. The Balaban J connectivity index is 1.59. The van der Waals surface area contributed by atoms with Crippen LogP contribution >= 0.6 is 0 Å². The Hall–Kier alpha value is -1.06. The highest BCUT2D eigenvalue weighted by Crippen LogP contribution is 2.25. The van der Waals surface area contributed by atoms with Gasteiger partial charge >= 0.3 is 0 Å². The third-order valence-corrected chi connectivity index (χ3v) is 4.77. The maximum Gasteiger partial charge on any atom is 0.0399 e. The summed E-state index contributed by atoms with van der Waals surface area (Å²) < 4.78 is 0. The van der Waals surface area contributed by atoms with Crippen molar-refractivity contribution in [1.29, 1.82) is 0 Å². The molecule has 0 saturated carbocycles. The SMILES string of the molecule is NC1CCN(CCN2CCCCc3ccccc32)CC1. The standard InChI is InChI=1S/C17H27N3/c18-16-8-11-19(12-9-16)13-14-20-10-4-3-6-15-5-1-2-7-17(15)20/h1-2,5,7,16H,3-4,6,8-14,18H2. The van der Waals surface area contributed by atoms with Crippen molar-refractivity contribution in [3.05, 3.63) is 29.8 Å². The van der Waals surface area contributed by atoms with Gasteiger partial charge in [0.25, 0.3) is 0 Å². The van der Waals surface area contributed by atoms with Crippen molar-refractivity contribution >= 4 is 5.69 Å². The number of nitrogens with zero attached hydrogens (tertiary/aromatic N) is 2. The Kier molecular flexibility index (Phi) is 4.58. The predicted molar refractivity (Wildman–Crippen MR) is 85.2 cm³/mol. The largest absolute Gasteiger partial charge is 0.370 e. The van der Waals surface area contributed by atoms with Crippen LogP contribution in [0.4, 0.5) is 5.69 Å². The molecule has 2 aliphatic rings. The Bertz CT molecular complexity index is 424. The lowest BCUT2D eigenvalue weighted by Gasteiger charge is -2.33. The molecule has 2 N–H and O–H groups in total. The zero-order valence-corrected chi connectivity index (χ0v) is 12.4. The molecule has 1 aromatic carbocycles. The first kappa shape index (κ1) is 13.9. The Morgan fingerprint density at radius 2 is 1.80 bits per heavy atom. The van der Waals surface area contributed by atoms with E-state index in [1.165, 1.54) is 56.7 Å². The van der Waals surface area contributed by atoms with Gasteiger partial charge in [-0.25, -0.2) is 0 Å². The van der Waals surface area contributed by atoms with Crippen molar-refractivity contribution in [2.75, 3.05) is 37.6 Å². The molecule has 0 aliphatic carbocycles. The summed E-state index contributed by atoms with van der Waals surface area (Å²) in [4.78, 5) is 5.17. The predicted octanol–water partition coefficient (Wildman–Crippen LogP) is 2.25. The molecule has 1 fully saturated rings. The zero-order chi connectivity index (χ0) is 13.8. The summed E-state index contributed by atoms with van der Waals surface area (Å²) in [6, 6.07) is 9.39. The second kappa shape index (κ2) is 6.59. The number of anilines is 1. The van der Waals surface area contributed by atoms with Crippen molar-refractivity contribution in [2.45, 2.75) is 38.1 Å². The third kappa shape index (κ3) is 3.33. The quantitative estimate of drug-likeness (QED) is 0.917. The van der Waals surface area contributed by atoms with Crippen molar-refractivity contribution in [3.63, 3.8) is 0 Å². The first-order valence-electron chi connectivity index (χ1n) is 8.14. The second-order valence-corrected chi connectivity index (χ2v) is 6.25. The van der Waals surface area contributed by atoms with Gasteiger partial charge in [0, 0.05) is 31.4 Å². The van der Waals surface area contributed by atoms with Gasteiger partial charge in [0.15, 0.2) is 0 Å². The van der Waals surface area contributed by atoms with Gasteiger partial charge in [-0.1, -0.05) is 18.2 Å². The summed E-state index contributed by atoms with van der Waals surface area (Å²) in [6.07, 6.45) is 6.21. The molecule has 1 aromatic rings. The summed E-state index contributed by atoms with van der Waals surface area (Å²) in [7, 11) is 0. The highest BCUT2D eigenvalue weighted by Gasteiger charge is 2.18. The van der Waals surface area contributed by atoms with E-state index < -0.39 is 0 Å². The van der Waals surface area contributed by atoms with Gasteiger partial charge in [0.05, 0.1) is 0 Å². The summed E-state index contributed by atoms with van der Waals surface area (Å²) >= 11 is 0. The number of nitrogens with two attached hydrogens (primary N) is 1. The topological polar surface area (TPSA) is 32.5 Å². The van der Waals surface area contributed by atoms with Crippen molar-refractivity contribution < 1.29 is 0 Å². The highest BCUT2D eigenvalue weighted by molar-refractivity contribution is 5.54. The van der Waals surface area contributed by atoms with Gasteiger partial charge < -0.3 is 15.5 Å². The number of para-hydroxylation sites is 1.